The number of nitrogens with zero attached hydrogens (tertiary/aromatic N) is 1. The van der Waals surface area contributed by atoms with Gasteiger partial charge in [0.25, 0.3) is 0 Å². The van der Waals surface area contributed by atoms with Crippen LogP contribution in [0.4, 0.5) is 0 Å². The minimum atomic E-state index is -0.493. The van der Waals surface area contributed by atoms with E-state index < -0.39 is 6.10 Å². The first-order chi connectivity index (χ1) is 15.1. The lowest BCUT2D eigenvalue weighted by atomic mass is 9.78. The van der Waals surface area contributed by atoms with Gasteiger partial charge in [-0.3, -0.25) is 4.90 Å². The molecule has 1 aliphatic carbocycles. The summed E-state index contributed by atoms with van der Waals surface area (Å²) in [4.78, 5) is 14.0. The highest BCUT2D eigenvalue weighted by atomic mass is 16.7. The lowest BCUT2D eigenvalue weighted by molar-refractivity contribution is -0.0231. The van der Waals surface area contributed by atoms with Crippen molar-refractivity contribution in [2.24, 2.45) is 11.8 Å². The SMILES string of the molecule is COC(=O)c1ccc(O[C@@H]2C[C@@H]3CN(Cc4ccc5c(c4)OCO5)C[C@@H]3C[C@H]2O)cc1. The van der Waals surface area contributed by atoms with Gasteiger partial charge in [0.2, 0.25) is 6.79 Å². The maximum atomic E-state index is 11.6. The fourth-order valence-electron chi connectivity index (χ4n) is 5.00. The highest BCUT2D eigenvalue weighted by molar-refractivity contribution is 5.89. The number of hydrogen-bond donors (Lipinski definition) is 1. The zero-order valence-corrected chi connectivity index (χ0v) is 17.5. The van der Waals surface area contributed by atoms with Gasteiger partial charge >= 0.3 is 5.97 Å². The predicted molar refractivity (Wildman–Crippen MR) is 112 cm³/mol. The standard InChI is InChI=1S/C24H27NO6/c1-28-24(27)16-3-5-19(6-4-16)31-22-10-18-13-25(12-17(18)9-20(22)26)11-15-2-7-21-23(8-15)30-14-29-21/h2-8,17-18,20,22,26H,9-14H2,1H3/t17-,18+,20+,22+/m0/s1. The van der Waals surface area contributed by atoms with Crippen LogP contribution >= 0.6 is 0 Å². The molecule has 0 bridgehead atoms. The molecule has 2 aromatic rings. The molecule has 1 saturated heterocycles. The monoisotopic (exact) mass is 425 g/mol. The van der Waals surface area contributed by atoms with E-state index in [-0.39, 0.29) is 18.9 Å². The van der Waals surface area contributed by atoms with Crippen LogP contribution in [-0.4, -0.2) is 55.2 Å². The Hall–Kier alpha value is -2.77. The van der Waals surface area contributed by atoms with Gasteiger partial charge in [0.05, 0.1) is 18.8 Å². The summed E-state index contributed by atoms with van der Waals surface area (Å²) in [7, 11) is 1.36. The van der Waals surface area contributed by atoms with Crippen LogP contribution in [0.1, 0.15) is 28.8 Å². The lowest BCUT2D eigenvalue weighted by Crippen LogP contribution is -2.42. The van der Waals surface area contributed by atoms with E-state index in [1.165, 1.54) is 12.7 Å². The molecule has 5 rings (SSSR count). The Morgan fingerprint density at radius 1 is 1.06 bits per heavy atom. The molecule has 4 atom stereocenters. The normalized spacial score (nSPS) is 27.0. The van der Waals surface area contributed by atoms with Crippen LogP contribution in [-0.2, 0) is 11.3 Å². The molecule has 1 saturated carbocycles. The Labute approximate surface area is 181 Å². The summed E-state index contributed by atoms with van der Waals surface area (Å²) in [6, 6.07) is 13.0. The predicted octanol–water partition coefficient (Wildman–Crippen LogP) is 2.85. The van der Waals surface area contributed by atoms with E-state index in [9.17, 15) is 9.90 Å². The van der Waals surface area contributed by atoms with E-state index in [2.05, 4.69) is 17.0 Å². The number of fused-ring (bicyclic) bond motifs is 2. The van der Waals surface area contributed by atoms with Crippen LogP contribution in [0.25, 0.3) is 0 Å². The van der Waals surface area contributed by atoms with Gasteiger partial charge in [-0.15, -0.1) is 0 Å². The molecular formula is C24H27NO6. The Morgan fingerprint density at radius 3 is 2.58 bits per heavy atom. The maximum absolute atomic E-state index is 11.6. The van der Waals surface area contributed by atoms with Crippen molar-refractivity contribution in [1.82, 2.24) is 4.90 Å². The molecular weight excluding hydrogens is 398 g/mol. The van der Waals surface area contributed by atoms with E-state index in [4.69, 9.17) is 18.9 Å². The minimum Gasteiger partial charge on any atom is -0.488 e. The Kier molecular flexibility index (Phi) is 5.46. The first-order valence-electron chi connectivity index (χ1n) is 10.7. The number of aliphatic hydroxyl groups is 1. The molecule has 2 heterocycles. The van der Waals surface area contributed by atoms with Crippen LogP contribution in [0, 0.1) is 11.8 Å². The molecule has 1 N–H and O–H groups in total. The Morgan fingerprint density at radius 2 is 1.81 bits per heavy atom. The van der Waals surface area contributed by atoms with Crippen LogP contribution in [0.2, 0.25) is 0 Å². The quantitative estimate of drug-likeness (QED) is 0.738. The molecule has 7 nitrogen and oxygen atoms in total. The average Bonchev–Trinajstić information content (AvgIpc) is 3.39. The van der Waals surface area contributed by atoms with Crippen LogP contribution < -0.4 is 14.2 Å². The summed E-state index contributed by atoms with van der Waals surface area (Å²) < 4.78 is 21.7. The Balaban J connectivity index is 1.19. The van der Waals surface area contributed by atoms with Crippen LogP contribution in [0.3, 0.4) is 0 Å². The van der Waals surface area contributed by atoms with Crippen LogP contribution in [0.5, 0.6) is 17.2 Å². The van der Waals surface area contributed by atoms with Crippen molar-refractivity contribution in [1.29, 1.82) is 0 Å². The second-order valence-corrected chi connectivity index (χ2v) is 8.61. The molecule has 31 heavy (non-hydrogen) atoms. The molecule has 3 aliphatic rings. The van der Waals surface area contributed by atoms with E-state index in [0.717, 1.165) is 44.0 Å². The summed E-state index contributed by atoms with van der Waals surface area (Å²) in [6.45, 7) is 3.13. The molecule has 0 unspecified atom stereocenters. The van der Waals surface area contributed by atoms with Gasteiger partial charge in [0.15, 0.2) is 11.5 Å². The summed E-state index contributed by atoms with van der Waals surface area (Å²) >= 11 is 0. The lowest BCUT2D eigenvalue weighted by Gasteiger charge is -2.35. The molecule has 0 spiro atoms. The van der Waals surface area contributed by atoms with Crippen molar-refractivity contribution >= 4 is 5.97 Å². The Bertz CT molecular complexity index is 946. The fourth-order valence-corrected chi connectivity index (χ4v) is 5.00. The summed E-state index contributed by atoms with van der Waals surface area (Å²) in [6.07, 6.45) is 0.831. The molecule has 164 valence electrons. The number of benzene rings is 2. The number of methoxy groups -OCH3 is 1. The van der Waals surface area contributed by atoms with Crippen molar-refractivity contribution in [3.63, 3.8) is 0 Å². The van der Waals surface area contributed by atoms with Crippen molar-refractivity contribution in [2.75, 3.05) is 27.0 Å². The molecule has 2 aromatic carbocycles. The van der Waals surface area contributed by atoms with Gasteiger partial charge < -0.3 is 24.1 Å². The topological polar surface area (TPSA) is 77.5 Å². The smallest absolute Gasteiger partial charge is 0.337 e. The third-order valence-electron chi connectivity index (χ3n) is 6.57. The third kappa shape index (κ3) is 4.20. The minimum absolute atomic E-state index is 0.240. The van der Waals surface area contributed by atoms with Gasteiger partial charge in [-0.2, -0.15) is 0 Å². The van der Waals surface area contributed by atoms with Gasteiger partial charge in [-0.05, 0) is 66.6 Å². The number of likely N-dealkylation sites (tertiary alicyclic amines) is 1. The zero-order chi connectivity index (χ0) is 21.4. The number of esters is 1. The first kappa shape index (κ1) is 20.2. The molecule has 7 heteroatoms. The fraction of sp³-hybridized carbons (Fsp3) is 0.458. The molecule has 0 aromatic heterocycles. The summed E-state index contributed by atoms with van der Waals surface area (Å²) in [5, 5.41) is 10.7. The number of carbonyl (C=O) groups is 1. The van der Waals surface area contributed by atoms with Crippen LogP contribution in [0.15, 0.2) is 42.5 Å². The highest BCUT2D eigenvalue weighted by Gasteiger charge is 2.42. The number of rotatable bonds is 5. The highest BCUT2D eigenvalue weighted by Crippen LogP contribution is 2.39. The summed E-state index contributed by atoms with van der Waals surface area (Å²) in [5.74, 6) is 2.88. The second kappa shape index (κ2) is 8.40. The number of ether oxygens (including phenoxy) is 4. The molecule has 2 fully saturated rings. The number of aliphatic hydroxyl groups excluding tert-OH is 1. The largest absolute Gasteiger partial charge is 0.488 e. The van der Waals surface area contributed by atoms with Crippen molar-refractivity contribution < 1.29 is 28.8 Å². The maximum Gasteiger partial charge on any atom is 0.337 e. The zero-order valence-electron chi connectivity index (χ0n) is 17.5. The van der Waals surface area contributed by atoms with Crippen molar-refractivity contribution in [3.05, 3.63) is 53.6 Å². The van der Waals surface area contributed by atoms with E-state index in [1.807, 2.05) is 6.07 Å². The van der Waals surface area contributed by atoms with Gasteiger partial charge in [0, 0.05) is 19.6 Å². The van der Waals surface area contributed by atoms with Crippen molar-refractivity contribution in [3.8, 4) is 17.2 Å². The van der Waals surface area contributed by atoms with Gasteiger partial charge in [-0.25, -0.2) is 4.79 Å². The van der Waals surface area contributed by atoms with E-state index in [1.54, 1.807) is 24.3 Å². The van der Waals surface area contributed by atoms with E-state index in [0.29, 0.717) is 23.1 Å². The van der Waals surface area contributed by atoms with Gasteiger partial charge in [0.1, 0.15) is 11.9 Å². The first-order valence-corrected chi connectivity index (χ1v) is 10.7. The number of carbonyl (C=O) groups excluding carboxylic acids is 1. The van der Waals surface area contributed by atoms with E-state index >= 15 is 0 Å². The van der Waals surface area contributed by atoms with Crippen molar-refractivity contribution in [2.45, 2.75) is 31.6 Å². The average molecular weight is 425 g/mol. The number of hydrogen-bond acceptors (Lipinski definition) is 7. The molecule has 0 radical (unpaired) electrons. The second-order valence-electron chi connectivity index (χ2n) is 8.61. The molecule has 0 amide bonds. The van der Waals surface area contributed by atoms with Gasteiger partial charge in [-0.1, -0.05) is 6.07 Å². The third-order valence-corrected chi connectivity index (χ3v) is 6.57. The molecule has 2 aliphatic heterocycles. The summed E-state index contributed by atoms with van der Waals surface area (Å²) in [5.41, 5.74) is 1.69.